The summed E-state index contributed by atoms with van der Waals surface area (Å²) in [6, 6.07) is 0. The zero-order valence-corrected chi connectivity index (χ0v) is 67.7. The van der Waals surface area contributed by atoms with Gasteiger partial charge in [-0.2, -0.15) is 0 Å². The van der Waals surface area contributed by atoms with E-state index in [9.17, 15) is 43.2 Å². The van der Waals surface area contributed by atoms with E-state index in [1.165, 1.54) is 0 Å². The summed E-state index contributed by atoms with van der Waals surface area (Å²) in [5, 5.41) is 10.6. The molecule has 0 aromatic carbocycles. The monoisotopic (exact) mass is 1540 g/mol. The minimum absolute atomic E-state index is 0.0192. The lowest BCUT2D eigenvalue weighted by atomic mass is 10.1. The van der Waals surface area contributed by atoms with Crippen molar-refractivity contribution in [2.24, 2.45) is 0 Å². The van der Waals surface area contributed by atoms with Crippen molar-refractivity contribution in [2.75, 3.05) is 39.6 Å². The summed E-state index contributed by atoms with van der Waals surface area (Å²) in [7, 11) is -10.1. The molecule has 0 saturated carbocycles. The molecule has 3 N–H and O–H groups in total. The molecule has 19 heteroatoms. The van der Waals surface area contributed by atoms with E-state index in [1.54, 1.807) is 12.2 Å². The molecule has 0 bridgehead atoms. The SMILES string of the molecule is CC/C=C\C/C=C\C/C=C\C/C=C\C/C=C\C/C=C\CCC(=O)OCC(COP(=O)(O)OCC(O)COP(=O)(O)OCC(COC(=O)CCCCC/C=C\C/C=C\C/C=C\C/C=C\C/C=C\CC)OC(=O)C/C=C\C/C=C\C/C=C\C/C=C\C/C=C\CC)OC(=O)CCCCCCC/C=C\C/C=C\C/C=C\CC. The van der Waals surface area contributed by atoms with E-state index >= 15 is 0 Å². The van der Waals surface area contributed by atoms with Gasteiger partial charge in [-0.3, -0.25) is 37.3 Å². The summed E-state index contributed by atoms with van der Waals surface area (Å²) in [6.07, 6.45) is 101. The van der Waals surface area contributed by atoms with Crippen LogP contribution >= 0.6 is 15.6 Å². The van der Waals surface area contributed by atoms with Gasteiger partial charge in [0.25, 0.3) is 0 Å². The zero-order chi connectivity index (χ0) is 78.9. The van der Waals surface area contributed by atoms with Gasteiger partial charge in [-0.05, 0) is 167 Å². The molecule has 5 unspecified atom stereocenters. The summed E-state index contributed by atoms with van der Waals surface area (Å²) in [4.78, 5) is 73.0. The van der Waals surface area contributed by atoms with Crippen molar-refractivity contribution in [3.05, 3.63) is 231 Å². The Morgan fingerprint density at radius 2 is 0.509 bits per heavy atom. The van der Waals surface area contributed by atoms with Crippen LogP contribution in [0.5, 0.6) is 0 Å². The summed E-state index contributed by atoms with van der Waals surface area (Å²) in [5.41, 5.74) is 0. The number of esters is 4. The topological polar surface area (TPSA) is 237 Å². The second-order valence-corrected chi connectivity index (χ2v) is 28.0. The summed E-state index contributed by atoms with van der Waals surface area (Å²) >= 11 is 0. The maximum Gasteiger partial charge on any atom is 0.472 e. The molecule has 17 nitrogen and oxygen atoms in total. The number of ether oxygens (including phenoxy) is 4. The smallest absolute Gasteiger partial charge is 0.462 e. The van der Waals surface area contributed by atoms with Gasteiger partial charge in [-0.1, -0.05) is 284 Å². The standard InChI is InChI=1S/C89H136O17P2/c1-5-9-13-17-21-25-29-33-37-39-41-43-47-49-53-57-61-65-69-73-86(91)99-79-84(105-88(93)75-71-67-63-59-55-51-45-35-31-27-23-19-15-11-7-3)81-103-107(95,96)101-77-83(90)78-102-108(97,98)104-82-85(106-89(94)76-72-68-64-60-56-52-46-36-32-28-24-20-16-12-8-4)80-100-87(92)74-70-66-62-58-54-50-48-44-42-40-38-34-30-26-22-18-14-10-6-2/h9-16,21-28,33-38,41-46,49-50,53-55,59,62,66-67,71,83-85,90H,5-8,17-20,29-32,39-40,47-48,51-52,56-58,60-61,63-65,68-70,72-82H2,1-4H3,(H,95,96)(H,97,98)/b13-9-,14-10-,15-11-,16-12-,25-21-,26-22-,27-23-,28-24-,37-33-,38-34-,43-41-,44-42-,45-35-,46-36-,53-49-,54-50-,59-55-,66-62-,71-67-. The molecule has 0 fully saturated rings. The van der Waals surface area contributed by atoms with E-state index in [4.69, 9.17) is 37.0 Å². The molecule has 0 saturated heterocycles. The number of unbranched alkanes of at least 4 members (excludes halogenated alkanes) is 8. The van der Waals surface area contributed by atoms with Crippen molar-refractivity contribution in [1.82, 2.24) is 0 Å². The third-order valence-electron chi connectivity index (χ3n) is 15.2. The van der Waals surface area contributed by atoms with Crippen molar-refractivity contribution in [3.63, 3.8) is 0 Å². The minimum atomic E-state index is -5.03. The number of phosphoric acid groups is 2. The predicted molar refractivity (Wildman–Crippen MR) is 444 cm³/mol. The number of allylic oxidation sites excluding steroid dienone is 37. The van der Waals surface area contributed by atoms with Crippen LogP contribution in [0.25, 0.3) is 0 Å². The van der Waals surface area contributed by atoms with E-state index < -0.39 is 97.5 Å². The fraction of sp³-hybridized carbons (Fsp3) is 0.528. The first-order chi connectivity index (χ1) is 52.7. The first-order valence-electron chi connectivity index (χ1n) is 39.6. The number of hydrogen-bond donors (Lipinski definition) is 3. The highest BCUT2D eigenvalue weighted by molar-refractivity contribution is 7.47. The van der Waals surface area contributed by atoms with E-state index in [0.29, 0.717) is 32.1 Å². The van der Waals surface area contributed by atoms with Crippen LogP contribution in [0.15, 0.2) is 231 Å². The normalized spacial score (nSPS) is 15.1. The molecule has 108 heavy (non-hydrogen) atoms. The van der Waals surface area contributed by atoms with Crippen LogP contribution in [0.2, 0.25) is 0 Å². The Morgan fingerprint density at radius 3 is 0.843 bits per heavy atom. The van der Waals surface area contributed by atoms with Gasteiger partial charge in [0.2, 0.25) is 0 Å². The lowest BCUT2D eigenvalue weighted by molar-refractivity contribution is -0.161. The van der Waals surface area contributed by atoms with Gasteiger partial charge in [0.1, 0.15) is 19.3 Å². The molecule has 0 aliphatic rings. The van der Waals surface area contributed by atoms with Crippen LogP contribution in [-0.4, -0.2) is 96.7 Å². The highest BCUT2D eigenvalue weighted by Crippen LogP contribution is 2.45. The minimum Gasteiger partial charge on any atom is -0.462 e. The van der Waals surface area contributed by atoms with Gasteiger partial charge >= 0.3 is 39.5 Å². The summed E-state index contributed by atoms with van der Waals surface area (Å²) < 4.78 is 68.3. The fourth-order valence-electron chi connectivity index (χ4n) is 9.30. The van der Waals surface area contributed by atoms with Gasteiger partial charge < -0.3 is 33.8 Å². The van der Waals surface area contributed by atoms with E-state index in [1.807, 2.05) is 30.4 Å². The van der Waals surface area contributed by atoms with Crippen LogP contribution in [0.3, 0.4) is 0 Å². The molecular formula is C89H136O17P2. The second-order valence-electron chi connectivity index (χ2n) is 25.1. The van der Waals surface area contributed by atoms with Crippen LogP contribution in [-0.2, 0) is 65.4 Å². The van der Waals surface area contributed by atoms with Crippen molar-refractivity contribution in [3.8, 4) is 0 Å². The number of rotatable bonds is 71. The Kier molecular flexibility index (Phi) is 73.3. The lowest BCUT2D eigenvalue weighted by Crippen LogP contribution is -2.30. The quantitative estimate of drug-likeness (QED) is 0.0169. The van der Waals surface area contributed by atoms with Crippen LogP contribution in [0, 0.1) is 0 Å². The highest BCUT2D eigenvalue weighted by Gasteiger charge is 2.30. The van der Waals surface area contributed by atoms with Crippen molar-refractivity contribution in [1.29, 1.82) is 0 Å². The first-order valence-corrected chi connectivity index (χ1v) is 42.6. The maximum atomic E-state index is 13.1. The second kappa shape index (κ2) is 78.2. The number of aliphatic hydroxyl groups excluding tert-OH is 1. The Bertz CT molecular complexity index is 2960. The van der Waals surface area contributed by atoms with Crippen LogP contribution < -0.4 is 0 Å². The Hall–Kier alpha value is -6.88. The van der Waals surface area contributed by atoms with Crippen LogP contribution in [0.4, 0.5) is 0 Å². The third kappa shape index (κ3) is 77.3. The van der Waals surface area contributed by atoms with E-state index in [2.05, 4.69) is 216 Å². The molecule has 0 aromatic heterocycles. The van der Waals surface area contributed by atoms with E-state index in [-0.39, 0.29) is 25.7 Å². The van der Waals surface area contributed by atoms with Crippen LogP contribution in [0.1, 0.15) is 246 Å². The maximum absolute atomic E-state index is 13.1. The highest BCUT2D eigenvalue weighted by atomic mass is 31.2. The predicted octanol–water partition coefficient (Wildman–Crippen LogP) is 23.4. The average molecular weight is 1540 g/mol. The Balaban J connectivity index is 5.57. The molecule has 604 valence electrons. The molecule has 0 heterocycles. The summed E-state index contributed by atoms with van der Waals surface area (Å²) in [6.45, 7) is 4.11. The van der Waals surface area contributed by atoms with Gasteiger partial charge in [0, 0.05) is 19.3 Å². The number of aliphatic hydroxyl groups is 1. The van der Waals surface area contributed by atoms with E-state index in [0.717, 1.165) is 161 Å². The van der Waals surface area contributed by atoms with Crippen molar-refractivity contribution in [2.45, 2.75) is 264 Å². The molecule has 0 radical (unpaired) electrons. The zero-order valence-electron chi connectivity index (χ0n) is 65.9. The average Bonchev–Trinajstić information content (AvgIpc) is 0.923. The van der Waals surface area contributed by atoms with Crippen molar-refractivity contribution < 1.29 is 80.2 Å². The van der Waals surface area contributed by atoms with Crippen molar-refractivity contribution >= 4 is 39.5 Å². The van der Waals surface area contributed by atoms with Gasteiger partial charge in [0.05, 0.1) is 32.8 Å². The molecule has 0 aliphatic carbocycles. The van der Waals surface area contributed by atoms with Gasteiger partial charge in [-0.15, -0.1) is 0 Å². The molecule has 0 aliphatic heterocycles. The number of carbonyl (C=O) groups excluding carboxylic acids is 4. The lowest BCUT2D eigenvalue weighted by Gasteiger charge is -2.21. The summed E-state index contributed by atoms with van der Waals surface area (Å²) in [5.74, 6) is -2.51. The molecule has 0 aromatic rings. The molecule has 0 rings (SSSR count). The molecule has 0 spiro atoms. The first kappa shape index (κ1) is 101. The Morgan fingerprint density at radius 1 is 0.269 bits per heavy atom. The number of carbonyl (C=O) groups is 4. The molecular weight excluding hydrogens is 1400 g/mol. The fourth-order valence-corrected chi connectivity index (χ4v) is 10.9. The number of hydrogen-bond acceptors (Lipinski definition) is 15. The Labute approximate surface area is 651 Å². The van der Waals surface area contributed by atoms with Gasteiger partial charge in [0.15, 0.2) is 12.2 Å². The molecule has 5 atom stereocenters. The van der Waals surface area contributed by atoms with Gasteiger partial charge in [-0.25, -0.2) is 9.13 Å². The molecule has 0 amide bonds. The largest absolute Gasteiger partial charge is 0.472 e. The number of phosphoric ester groups is 2. The third-order valence-corrected chi connectivity index (χ3v) is 17.1.